The van der Waals surface area contributed by atoms with Gasteiger partial charge < -0.3 is 18.1 Å². The Morgan fingerprint density at radius 2 is 1.92 bits per heavy atom. The molecule has 0 atom stereocenters. The largest absolute Gasteiger partial charge is 0.467 e. The molecule has 0 saturated carbocycles. The molecule has 8 heteroatoms. The van der Waals surface area contributed by atoms with Crippen LogP contribution in [0.25, 0.3) is 33.5 Å². The molecule has 0 unspecified atom stereocenters. The van der Waals surface area contributed by atoms with Crippen LogP contribution in [0.1, 0.15) is 49.7 Å². The summed E-state index contributed by atoms with van der Waals surface area (Å²) in [7, 11) is 1.37. The van der Waals surface area contributed by atoms with Crippen LogP contribution < -0.4 is 0 Å². The summed E-state index contributed by atoms with van der Waals surface area (Å²) >= 11 is 1.59. The van der Waals surface area contributed by atoms with Gasteiger partial charge in [-0.15, -0.1) is 0 Å². The van der Waals surface area contributed by atoms with Crippen LogP contribution in [0, 0.1) is 0 Å². The number of aromatic nitrogens is 3. The van der Waals surface area contributed by atoms with Gasteiger partial charge in [0.25, 0.3) is 5.22 Å². The molecule has 0 spiro atoms. The van der Waals surface area contributed by atoms with Crippen molar-refractivity contribution in [1.82, 2.24) is 14.5 Å². The van der Waals surface area contributed by atoms with Crippen molar-refractivity contribution in [3.05, 3.63) is 89.4 Å². The molecule has 5 rings (SSSR count). The lowest BCUT2D eigenvalue weighted by atomic mass is 10.1. The van der Waals surface area contributed by atoms with Gasteiger partial charge in [0, 0.05) is 11.3 Å². The number of carbonyl (C=O) groups excluding carboxylic acids is 1. The average molecular weight is 542 g/mol. The number of thioether (sulfide) groups is 1. The molecule has 5 aromatic rings. The molecule has 0 aliphatic rings. The van der Waals surface area contributed by atoms with Gasteiger partial charge in [-0.3, -0.25) is 0 Å². The second-order valence-corrected chi connectivity index (χ2v) is 10.6. The summed E-state index contributed by atoms with van der Waals surface area (Å²) in [4.78, 5) is 21.7. The van der Waals surface area contributed by atoms with Crippen molar-refractivity contribution in [3.63, 3.8) is 0 Å². The Kier molecular flexibility index (Phi) is 8.02. The van der Waals surface area contributed by atoms with Crippen LogP contribution in [0.5, 0.6) is 0 Å². The van der Waals surface area contributed by atoms with E-state index >= 15 is 0 Å². The zero-order valence-corrected chi connectivity index (χ0v) is 23.4. The summed E-state index contributed by atoms with van der Waals surface area (Å²) < 4.78 is 18.6. The molecular formula is C31H31N3O4S. The highest BCUT2D eigenvalue weighted by atomic mass is 32.2. The molecule has 0 aliphatic heterocycles. The van der Waals surface area contributed by atoms with Crippen LogP contribution in [0.4, 0.5) is 0 Å². The lowest BCUT2D eigenvalue weighted by Crippen LogP contribution is -2.02. The molecular weight excluding hydrogens is 510 g/mol. The summed E-state index contributed by atoms with van der Waals surface area (Å²) in [5.74, 6) is 1.96. The Labute approximate surface area is 231 Å². The van der Waals surface area contributed by atoms with Gasteiger partial charge in [-0.2, -0.15) is 0 Å². The number of carbonyl (C=O) groups is 1. The number of ether oxygens (including phenoxy) is 1. The smallest absolute Gasteiger partial charge is 0.337 e. The molecule has 7 nitrogen and oxygen atoms in total. The molecule has 0 radical (unpaired) electrons. The number of benzene rings is 2. The highest BCUT2D eigenvalue weighted by molar-refractivity contribution is 7.99. The van der Waals surface area contributed by atoms with Crippen LogP contribution in [0.2, 0.25) is 0 Å². The van der Waals surface area contributed by atoms with Gasteiger partial charge >= 0.3 is 5.97 Å². The maximum Gasteiger partial charge on any atom is 0.337 e. The number of imidazole rings is 1. The predicted molar refractivity (Wildman–Crippen MR) is 155 cm³/mol. The molecule has 0 bridgehead atoms. The highest BCUT2D eigenvalue weighted by Crippen LogP contribution is 2.31. The summed E-state index contributed by atoms with van der Waals surface area (Å²) in [5.41, 5.74) is 7.15. The van der Waals surface area contributed by atoms with Gasteiger partial charge in [0.2, 0.25) is 0 Å². The number of rotatable bonds is 10. The van der Waals surface area contributed by atoms with E-state index < -0.39 is 5.97 Å². The normalized spacial score (nSPS) is 11.8. The summed E-state index contributed by atoms with van der Waals surface area (Å²) in [5, 5.41) is 0.641. The Bertz CT molecular complexity index is 1670. The first-order valence-corrected chi connectivity index (χ1v) is 13.8. The molecule has 0 fully saturated rings. The molecule has 3 aromatic heterocycles. The molecule has 2 aromatic carbocycles. The lowest BCUT2D eigenvalue weighted by Gasteiger charge is -2.08. The van der Waals surface area contributed by atoms with E-state index in [0.717, 1.165) is 52.4 Å². The number of hydrogen-bond acceptors (Lipinski definition) is 7. The average Bonchev–Trinajstić information content (AvgIpc) is 3.66. The fraction of sp³-hybridized carbons (Fsp3) is 0.258. The Morgan fingerprint density at radius 1 is 1.05 bits per heavy atom. The van der Waals surface area contributed by atoms with E-state index in [1.54, 1.807) is 30.2 Å². The van der Waals surface area contributed by atoms with Gasteiger partial charge in [-0.05, 0) is 82.1 Å². The maximum absolute atomic E-state index is 12.1. The van der Waals surface area contributed by atoms with Crippen molar-refractivity contribution < 1.29 is 18.4 Å². The minimum atomic E-state index is -0.397. The molecule has 0 N–H and O–H groups in total. The molecule has 39 heavy (non-hydrogen) atoms. The number of fused-ring (bicyclic) bond motifs is 2. The second-order valence-electron chi connectivity index (χ2n) is 9.64. The molecule has 3 heterocycles. The molecule has 0 amide bonds. The van der Waals surface area contributed by atoms with E-state index in [-0.39, 0.29) is 0 Å². The Morgan fingerprint density at radius 3 is 2.69 bits per heavy atom. The van der Waals surface area contributed by atoms with Crippen LogP contribution in [0.15, 0.2) is 92.1 Å². The number of allylic oxidation sites excluding steroid dienone is 3. The van der Waals surface area contributed by atoms with Crippen LogP contribution in [-0.4, -0.2) is 33.4 Å². The number of hydrogen-bond donors (Lipinski definition) is 0. The quantitative estimate of drug-likeness (QED) is 0.100. The molecule has 0 saturated heterocycles. The Hall–Kier alpha value is -4.04. The number of nitrogens with zero attached hydrogens (tertiary/aromatic N) is 3. The number of oxazole rings is 1. The van der Waals surface area contributed by atoms with E-state index in [2.05, 4.69) is 37.5 Å². The van der Waals surface area contributed by atoms with Gasteiger partial charge in [0.05, 0.1) is 36.5 Å². The number of furan rings is 1. The second kappa shape index (κ2) is 11.8. The maximum atomic E-state index is 12.1. The first-order chi connectivity index (χ1) is 18.9. The first-order valence-electron chi connectivity index (χ1n) is 12.8. The molecule has 0 aliphatic carbocycles. The lowest BCUT2D eigenvalue weighted by molar-refractivity contribution is 0.0601. The van der Waals surface area contributed by atoms with Gasteiger partial charge in [0.15, 0.2) is 5.58 Å². The van der Waals surface area contributed by atoms with E-state index in [0.29, 0.717) is 22.8 Å². The predicted octanol–water partition coefficient (Wildman–Crippen LogP) is 8.06. The van der Waals surface area contributed by atoms with Gasteiger partial charge in [-0.25, -0.2) is 14.8 Å². The molecule has 200 valence electrons. The number of esters is 1. The monoisotopic (exact) mass is 541 g/mol. The topological polar surface area (TPSA) is 83.3 Å². The fourth-order valence-electron chi connectivity index (χ4n) is 4.37. The van der Waals surface area contributed by atoms with Crippen molar-refractivity contribution in [2.75, 3.05) is 12.9 Å². The van der Waals surface area contributed by atoms with Crippen LogP contribution >= 0.6 is 11.8 Å². The summed E-state index contributed by atoms with van der Waals surface area (Å²) in [6.07, 6.45) is 8.29. The van der Waals surface area contributed by atoms with Crippen molar-refractivity contribution in [2.24, 2.45) is 0 Å². The van der Waals surface area contributed by atoms with E-state index in [1.165, 1.54) is 18.3 Å². The zero-order valence-electron chi connectivity index (χ0n) is 22.6. The van der Waals surface area contributed by atoms with Crippen molar-refractivity contribution in [3.8, 4) is 11.4 Å². The van der Waals surface area contributed by atoms with E-state index in [9.17, 15) is 4.79 Å². The van der Waals surface area contributed by atoms with Gasteiger partial charge in [-0.1, -0.05) is 35.1 Å². The summed E-state index contributed by atoms with van der Waals surface area (Å²) in [6.45, 7) is 6.92. The Balaban J connectivity index is 1.42. The van der Waals surface area contributed by atoms with E-state index in [1.807, 2.05) is 36.4 Å². The third kappa shape index (κ3) is 6.17. The SMILES string of the molecule is COC(=O)c1ccc2c(c1)nc(-c1ccc3oc(SC/C=C(\C)CCC=C(C)C)nc3c1)n2Cc1ccco1. The first kappa shape index (κ1) is 26.6. The van der Waals surface area contributed by atoms with Crippen molar-refractivity contribution >= 4 is 39.9 Å². The van der Waals surface area contributed by atoms with E-state index in [4.69, 9.17) is 23.5 Å². The van der Waals surface area contributed by atoms with Gasteiger partial charge in [0.1, 0.15) is 17.1 Å². The fourth-order valence-corrected chi connectivity index (χ4v) is 5.19. The third-order valence-corrected chi connectivity index (χ3v) is 7.17. The summed E-state index contributed by atoms with van der Waals surface area (Å²) in [6, 6.07) is 15.1. The van der Waals surface area contributed by atoms with Crippen LogP contribution in [0.3, 0.4) is 0 Å². The standard InChI is InChI=1S/C31H31N3O4S/c1-20(2)7-5-8-21(3)14-16-39-31-33-26-17-22(11-13-28(26)38-31)29-32-25-18-23(30(35)36-4)10-12-27(25)34(29)19-24-9-6-15-37-24/h6-7,9-15,17-18H,5,8,16,19H2,1-4H3/b21-14+. The van der Waals surface area contributed by atoms with Crippen molar-refractivity contribution in [2.45, 2.75) is 45.4 Å². The third-order valence-electron chi connectivity index (χ3n) is 6.42. The minimum Gasteiger partial charge on any atom is -0.467 e. The number of methoxy groups -OCH3 is 1. The minimum absolute atomic E-state index is 0.397. The zero-order chi connectivity index (χ0) is 27.4. The van der Waals surface area contributed by atoms with Crippen LogP contribution in [-0.2, 0) is 11.3 Å². The van der Waals surface area contributed by atoms with Crippen molar-refractivity contribution in [1.29, 1.82) is 0 Å². The highest BCUT2D eigenvalue weighted by Gasteiger charge is 2.18.